The van der Waals surface area contributed by atoms with Crippen molar-refractivity contribution in [3.8, 4) is 5.75 Å². The summed E-state index contributed by atoms with van der Waals surface area (Å²) >= 11 is 11.7. The highest BCUT2D eigenvalue weighted by Gasteiger charge is 2.08. The van der Waals surface area contributed by atoms with Crippen LogP contribution in [0.4, 0.5) is 5.69 Å². The summed E-state index contributed by atoms with van der Waals surface area (Å²) in [6, 6.07) is 10.4. The van der Waals surface area contributed by atoms with Gasteiger partial charge in [0, 0.05) is 16.7 Å². The second-order valence-corrected chi connectivity index (χ2v) is 5.35. The molecule has 1 N–H and O–H groups in total. The lowest BCUT2D eigenvalue weighted by Crippen LogP contribution is -2.24. The minimum atomic E-state index is -0.549. The van der Waals surface area contributed by atoms with Gasteiger partial charge in [-0.15, -0.1) is 0 Å². The summed E-state index contributed by atoms with van der Waals surface area (Å²) in [5, 5.41) is 15.3. The van der Waals surface area contributed by atoms with Crippen LogP contribution in [0, 0.1) is 10.1 Å². The van der Waals surface area contributed by atoms with E-state index in [1.807, 2.05) is 0 Å². The molecule has 0 saturated carbocycles. The number of ether oxygens (including phenoxy) is 1. The Bertz CT molecular complexity index is 796. The molecule has 0 unspecified atom stereocenters. The van der Waals surface area contributed by atoms with Crippen LogP contribution in [0.3, 0.4) is 0 Å². The van der Waals surface area contributed by atoms with E-state index in [0.29, 0.717) is 15.6 Å². The summed E-state index contributed by atoms with van der Waals surface area (Å²) in [6.07, 6.45) is 1.37. The van der Waals surface area contributed by atoms with Gasteiger partial charge in [-0.25, -0.2) is 5.43 Å². The molecule has 2 rings (SSSR count). The van der Waals surface area contributed by atoms with E-state index >= 15 is 0 Å². The van der Waals surface area contributed by atoms with Crippen molar-refractivity contribution < 1.29 is 14.5 Å². The van der Waals surface area contributed by atoms with Crippen LogP contribution in [0.5, 0.6) is 5.75 Å². The van der Waals surface area contributed by atoms with Crippen LogP contribution in [-0.2, 0) is 4.79 Å². The van der Waals surface area contributed by atoms with Gasteiger partial charge >= 0.3 is 0 Å². The first-order chi connectivity index (χ1) is 11.5. The Morgan fingerprint density at radius 1 is 1.29 bits per heavy atom. The zero-order valence-electron chi connectivity index (χ0n) is 12.1. The lowest BCUT2D eigenvalue weighted by Gasteiger charge is -2.04. The standard InChI is InChI=1S/C15H11Cl2N3O4/c16-11-5-4-10(14(17)6-11)8-18-19-15(21)9-24-13-3-1-2-12(7-13)20(22)23/h1-8H,9H2,(H,19,21)/b18-8-. The van der Waals surface area contributed by atoms with Crippen molar-refractivity contribution in [1.82, 2.24) is 5.43 Å². The molecule has 0 bridgehead atoms. The Labute approximate surface area is 147 Å². The van der Waals surface area contributed by atoms with Gasteiger partial charge in [0.2, 0.25) is 0 Å². The van der Waals surface area contributed by atoms with Crippen molar-refractivity contribution in [2.75, 3.05) is 6.61 Å². The SMILES string of the molecule is O=C(COc1cccc([N+](=O)[O-])c1)N/N=C\c1ccc(Cl)cc1Cl. The van der Waals surface area contributed by atoms with Gasteiger partial charge in [-0.3, -0.25) is 14.9 Å². The van der Waals surface area contributed by atoms with E-state index in [1.54, 1.807) is 18.2 Å². The highest BCUT2D eigenvalue weighted by atomic mass is 35.5. The predicted molar refractivity (Wildman–Crippen MR) is 90.8 cm³/mol. The van der Waals surface area contributed by atoms with Gasteiger partial charge in [-0.05, 0) is 18.2 Å². The number of hydrazone groups is 1. The van der Waals surface area contributed by atoms with Gasteiger partial charge in [-0.1, -0.05) is 35.3 Å². The van der Waals surface area contributed by atoms with E-state index in [-0.39, 0.29) is 18.0 Å². The molecule has 0 aromatic heterocycles. The van der Waals surface area contributed by atoms with Crippen LogP contribution in [0.25, 0.3) is 0 Å². The van der Waals surface area contributed by atoms with E-state index in [4.69, 9.17) is 27.9 Å². The number of carbonyl (C=O) groups excluding carboxylic acids is 1. The van der Waals surface area contributed by atoms with Crippen molar-refractivity contribution in [1.29, 1.82) is 0 Å². The third-order valence-electron chi connectivity index (χ3n) is 2.75. The smallest absolute Gasteiger partial charge is 0.277 e. The third kappa shape index (κ3) is 5.22. The predicted octanol–water partition coefficient (Wildman–Crippen LogP) is 3.43. The van der Waals surface area contributed by atoms with E-state index in [1.165, 1.54) is 30.5 Å². The van der Waals surface area contributed by atoms with E-state index in [0.717, 1.165) is 0 Å². The first-order valence-electron chi connectivity index (χ1n) is 6.60. The van der Waals surface area contributed by atoms with E-state index in [9.17, 15) is 14.9 Å². The largest absolute Gasteiger partial charge is 0.483 e. The lowest BCUT2D eigenvalue weighted by atomic mass is 10.2. The van der Waals surface area contributed by atoms with Gasteiger partial charge in [0.15, 0.2) is 6.61 Å². The van der Waals surface area contributed by atoms with Crippen LogP contribution < -0.4 is 10.2 Å². The van der Waals surface area contributed by atoms with Gasteiger partial charge in [0.25, 0.3) is 11.6 Å². The fourth-order valence-electron chi connectivity index (χ4n) is 1.65. The van der Waals surface area contributed by atoms with E-state index in [2.05, 4.69) is 10.5 Å². The summed E-state index contributed by atoms with van der Waals surface area (Å²) in [7, 11) is 0. The molecule has 0 aliphatic rings. The number of hydrogen-bond acceptors (Lipinski definition) is 5. The molecular weight excluding hydrogens is 357 g/mol. The Kier molecular flexibility index (Phi) is 6.11. The van der Waals surface area contributed by atoms with Gasteiger partial charge in [-0.2, -0.15) is 5.10 Å². The lowest BCUT2D eigenvalue weighted by molar-refractivity contribution is -0.384. The molecule has 0 heterocycles. The number of nitro benzene ring substituents is 1. The maximum atomic E-state index is 11.6. The molecule has 124 valence electrons. The van der Waals surface area contributed by atoms with Crippen LogP contribution >= 0.6 is 23.2 Å². The number of halogens is 2. The first-order valence-corrected chi connectivity index (χ1v) is 7.35. The molecule has 2 aromatic rings. The number of benzene rings is 2. The molecule has 0 aliphatic carbocycles. The normalized spacial score (nSPS) is 10.6. The fraction of sp³-hybridized carbons (Fsp3) is 0.0667. The number of rotatable bonds is 6. The highest BCUT2D eigenvalue weighted by Crippen LogP contribution is 2.20. The Morgan fingerprint density at radius 3 is 2.79 bits per heavy atom. The maximum Gasteiger partial charge on any atom is 0.277 e. The number of nitrogens with one attached hydrogen (secondary N) is 1. The Hall–Kier alpha value is -2.64. The highest BCUT2D eigenvalue weighted by molar-refractivity contribution is 6.36. The van der Waals surface area contributed by atoms with Crippen LogP contribution in [-0.4, -0.2) is 23.7 Å². The molecule has 2 aromatic carbocycles. The maximum absolute atomic E-state index is 11.6. The van der Waals surface area contributed by atoms with Gasteiger partial charge in [0.05, 0.1) is 22.2 Å². The molecule has 0 atom stereocenters. The van der Waals surface area contributed by atoms with Crippen LogP contribution in [0.15, 0.2) is 47.6 Å². The number of nitro groups is 1. The minimum absolute atomic E-state index is 0.122. The number of carbonyl (C=O) groups is 1. The summed E-state index contributed by atoms with van der Waals surface area (Å²) in [5.41, 5.74) is 2.72. The minimum Gasteiger partial charge on any atom is -0.483 e. The second-order valence-electron chi connectivity index (χ2n) is 4.50. The average Bonchev–Trinajstić information content (AvgIpc) is 2.55. The summed E-state index contributed by atoms with van der Waals surface area (Å²) in [4.78, 5) is 21.7. The summed E-state index contributed by atoms with van der Waals surface area (Å²) in [5.74, 6) is -0.313. The van der Waals surface area contributed by atoms with Crippen molar-refractivity contribution in [3.63, 3.8) is 0 Å². The zero-order valence-corrected chi connectivity index (χ0v) is 13.6. The fourth-order valence-corrected chi connectivity index (χ4v) is 2.11. The summed E-state index contributed by atoms with van der Waals surface area (Å²) in [6.45, 7) is -0.340. The van der Waals surface area contributed by atoms with Crippen LogP contribution in [0.2, 0.25) is 10.0 Å². The molecule has 24 heavy (non-hydrogen) atoms. The van der Waals surface area contributed by atoms with Crippen molar-refractivity contribution >= 4 is 41.0 Å². The molecule has 9 heteroatoms. The Balaban J connectivity index is 1.86. The zero-order chi connectivity index (χ0) is 17.5. The first kappa shape index (κ1) is 17.7. The summed E-state index contributed by atoms with van der Waals surface area (Å²) < 4.78 is 5.17. The molecule has 0 saturated heterocycles. The number of amides is 1. The van der Waals surface area contributed by atoms with E-state index < -0.39 is 10.8 Å². The Morgan fingerprint density at radius 2 is 2.08 bits per heavy atom. The second kappa shape index (κ2) is 8.28. The van der Waals surface area contributed by atoms with Gasteiger partial charge in [0.1, 0.15) is 5.75 Å². The average molecular weight is 368 g/mol. The van der Waals surface area contributed by atoms with Crippen molar-refractivity contribution in [2.45, 2.75) is 0 Å². The molecule has 0 aliphatic heterocycles. The molecule has 0 radical (unpaired) electrons. The quantitative estimate of drug-likeness (QED) is 0.480. The number of hydrogen-bond donors (Lipinski definition) is 1. The topological polar surface area (TPSA) is 93.8 Å². The van der Waals surface area contributed by atoms with Crippen molar-refractivity contribution in [2.24, 2.45) is 5.10 Å². The molecule has 7 nitrogen and oxygen atoms in total. The molecule has 1 amide bonds. The number of nitrogens with zero attached hydrogens (tertiary/aromatic N) is 2. The monoisotopic (exact) mass is 367 g/mol. The van der Waals surface area contributed by atoms with Gasteiger partial charge < -0.3 is 4.74 Å². The third-order valence-corrected chi connectivity index (χ3v) is 3.32. The molecular formula is C15H11Cl2N3O4. The number of non-ortho nitro benzene ring substituents is 1. The van der Waals surface area contributed by atoms with Crippen molar-refractivity contribution in [3.05, 3.63) is 68.2 Å². The molecule has 0 spiro atoms. The van der Waals surface area contributed by atoms with Crippen LogP contribution in [0.1, 0.15) is 5.56 Å². The molecule has 0 fully saturated rings.